The molecule has 0 heterocycles. The molecular weight excluding hydrogens is 309 g/mol. The Morgan fingerprint density at radius 1 is 0.789 bits per heavy atom. The zero-order valence-corrected chi connectivity index (χ0v) is 14.1. The van der Waals surface area contributed by atoms with Crippen molar-refractivity contribution < 1.29 is 13.2 Å². The van der Waals surface area contributed by atoms with Gasteiger partial charge in [-0.1, -0.05) is 20.8 Å². The van der Waals surface area contributed by atoms with Gasteiger partial charge in [0, 0.05) is 0 Å². The minimum Gasteiger partial charge on any atom is -0.219 e. The average Bonchev–Trinajstić information content (AvgIpc) is 2.39. The molecule has 0 amide bonds. The smallest absolute Gasteiger partial charge is 0.219 e. The highest BCUT2D eigenvalue weighted by Gasteiger charge is 2.70. The summed E-state index contributed by atoms with van der Waals surface area (Å²) < 4.78 is 42.8. The normalized spacial score (nSPS) is 25.6. The first kappa shape index (κ1) is 17.6. The molecule has 19 heavy (non-hydrogen) atoms. The van der Waals surface area contributed by atoms with E-state index in [1.807, 2.05) is 20.8 Å². The minimum absolute atomic E-state index is 0.0288. The van der Waals surface area contributed by atoms with Crippen LogP contribution in [-0.2, 0) is 0 Å². The van der Waals surface area contributed by atoms with Crippen LogP contribution in [-0.4, -0.2) is 28.2 Å². The summed E-state index contributed by atoms with van der Waals surface area (Å²) >= 11 is 3.14. The molecule has 0 aromatic rings. The molecule has 0 aromatic heterocycles. The second-order valence-corrected chi connectivity index (χ2v) is 7.84. The quantitative estimate of drug-likeness (QED) is 0.513. The summed E-state index contributed by atoms with van der Waals surface area (Å²) in [5, 5.41) is -2.49. The van der Waals surface area contributed by atoms with Crippen molar-refractivity contribution in [2.75, 3.05) is 17.3 Å². The molecule has 112 valence electrons. The Morgan fingerprint density at radius 2 is 1.26 bits per heavy atom. The number of allylic oxidation sites excluding steroid dienone is 1. The maximum atomic E-state index is 14.7. The van der Waals surface area contributed by atoms with Gasteiger partial charge in [-0.05, 0) is 36.5 Å². The Bertz CT molecular complexity index is 331. The number of rotatable bonds is 9. The molecule has 1 unspecified atom stereocenters. The molecule has 0 nitrogen and oxygen atoms in total. The highest BCUT2D eigenvalue weighted by atomic mass is 32.2. The predicted molar refractivity (Wildman–Crippen MR) is 84.1 cm³/mol. The Hall–Kier alpha value is 0.580. The van der Waals surface area contributed by atoms with Gasteiger partial charge in [0.05, 0.1) is 9.81 Å². The van der Waals surface area contributed by atoms with Gasteiger partial charge in [0.25, 0.3) is 5.00 Å². The van der Waals surface area contributed by atoms with Gasteiger partial charge in [-0.3, -0.25) is 0 Å². The fourth-order valence-electron chi connectivity index (χ4n) is 1.64. The molecule has 0 fully saturated rings. The van der Waals surface area contributed by atoms with E-state index in [1.165, 1.54) is 11.8 Å². The van der Waals surface area contributed by atoms with Gasteiger partial charge in [-0.2, -0.15) is 8.78 Å². The first-order chi connectivity index (χ1) is 8.95. The Labute approximate surface area is 126 Å². The van der Waals surface area contributed by atoms with Gasteiger partial charge < -0.3 is 0 Å². The van der Waals surface area contributed by atoms with E-state index < -0.39 is 10.9 Å². The van der Waals surface area contributed by atoms with Crippen molar-refractivity contribution in [2.45, 2.75) is 51.0 Å². The fourth-order valence-corrected chi connectivity index (χ4v) is 5.46. The lowest BCUT2D eigenvalue weighted by Crippen LogP contribution is -2.53. The van der Waals surface area contributed by atoms with Crippen LogP contribution in [0, 0.1) is 0 Å². The van der Waals surface area contributed by atoms with E-state index in [1.54, 1.807) is 0 Å². The highest BCUT2D eigenvalue weighted by molar-refractivity contribution is 8.09. The zero-order valence-electron chi connectivity index (χ0n) is 11.6. The average molecular weight is 331 g/mol. The number of hydrogen-bond acceptors (Lipinski definition) is 3. The van der Waals surface area contributed by atoms with Crippen molar-refractivity contribution >= 4 is 35.3 Å². The van der Waals surface area contributed by atoms with E-state index in [4.69, 9.17) is 0 Å². The van der Waals surface area contributed by atoms with Crippen molar-refractivity contribution in [1.29, 1.82) is 0 Å². The lowest BCUT2D eigenvalue weighted by atomic mass is 10.0. The SMILES string of the molecule is CCCSC1=C(SCCC)C(F)(SCCC)C1(F)F. The molecule has 0 aromatic carbocycles. The van der Waals surface area contributed by atoms with Gasteiger partial charge in [0.15, 0.2) is 0 Å². The molecule has 6 heteroatoms. The molecule has 1 aliphatic carbocycles. The summed E-state index contributed by atoms with van der Waals surface area (Å²) in [5.74, 6) is -1.58. The van der Waals surface area contributed by atoms with E-state index in [9.17, 15) is 13.2 Å². The van der Waals surface area contributed by atoms with E-state index in [2.05, 4.69) is 0 Å². The molecule has 1 aliphatic rings. The molecule has 0 bridgehead atoms. The lowest BCUT2D eigenvalue weighted by molar-refractivity contribution is -0.0537. The molecule has 0 aliphatic heterocycles. The highest BCUT2D eigenvalue weighted by Crippen LogP contribution is 2.66. The summed E-state index contributed by atoms with van der Waals surface area (Å²) in [6.45, 7) is 5.79. The molecule has 1 atom stereocenters. The van der Waals surface area contributed by atoms with Crippen LogP contribution in [0.15, 0.2) is 9.81 Å². The second-order valence-electron chi connectivity index (χ2n) is 4.37. The second kappa shape index (κ2) is 7.55. The third-order valence-corrected chi connectivity index (χ3v) is 7.07. The maximum Gasteiger partial charge on any atom is 0.327 e. The van der Waals surface area contributed by atoms with Crippen LogP contribution >= 0.6 is 35.3 Å². The molecule has 0 radical (unpaired) electrons. The molecule has 0 saturated heterocycles. The van der Waals surface area contributed by atoms with E-state index in [-0.39, 0.29) is 9.81 Å². The maximum absolute atomic E-state index is 14.7. The Balaban J connectivity index is 2.92. The van der Waals surface area contributed by atoms with Crippen LogP contribution in [0.1, 0.15) is 40.0 Å². The van der Waals surface area contributed by atoms with Crippen LogP contribution in [0.5, 0.6) is 0 Å². The van der Waals surface area contributed by atoms with Crippen LogP contribution in [0.4, 0.5) is 13.2 Å². The van der Waals surface area contributed by atoms with Crippen molar-refractivity contribution in [3.63, 3.8) is 0 Å². The van der Waals surface area contributed by atoms with Gasteiger partial charge >= 0.3 is 5.92 Å². The van der Waals surface area contributed by atoms with Crippen LogP contribution in [0.2, 0.25) is 0 Å². The predicted octanol–water partition coefficient (Wildman–Crippen LogP) is 5.94. The topological polar surface area (TPSA) is 0 Å². The van der Waals surface area contributed by atoms with Gasteiger partial charge in [-0.15, -0.1) is 35.3 Å². The zero-order chi connectivity index (χ0) is 14.5. The summed E-state index contributed by atoms with van der Waals surface area (Å²) in [6.07, 6.45) is 2.38. The number of alkyl halides is 3. The van der Waals surface area contributed by atoms with Gasteiger partial charge in [-0.25, -0.2) is 4.39 Å². The van der Waals surface area contributed by atoms with E-state index in [0.717, 1.165) is 36.4 Å². The molecular formula is C13H21F3S3. The number of halogens is 3. The summed E-state index contributed by atoms with van der Waals surface area (Å²) in [5.41, 5.74) is 0. The first-order valence-corrected chi connectivity index (χ1v) is 9.62. The van der Waals surface area contributed by atoms with Gasteiger partial charge in [0.2, 0.25) is 0 Å². The van der Waals surface area contributed by atoms with Crippen LogP contribution in [0.25, 0.3) is 0 Å². The summed E-state index contributed by atoms with van der Waals surface area (Å²) in [7, 11) is 0. The molecule has 0 saturated carbocycles. The van der Waals surface area contributed by atoms with Crippen LogP contribution < -0.4 is 0 Å². The van der Waals surface area contributed by atoms with Crippen molar-refractivity contribution in [1.82, 2.24) is 0 Å². The largest absolute Gasteiger partial charge is 0.327 e. The first-order valence-electron chi connectivity index (χ1n) is 6.67. The van der Waals surface area contributed by atoms with Crippen LogP contribution in [0.3, 0.4) is 0 Å². The summed E-state index contributed by atoms with van der Waals surface area (Å²) in [4.78, 5) is 0.246. The summed E-state index contributed by atoms with van der Waals surface area (Å²) in [6, 6.07) is 0. The monoisotopic (exact) mass is 330 g/mol. The number of thioether (sulfide) groups is 3. The molecule has 1 rings (SSSR count). The molecule has 0 spiro atoms. The Kier molecular flexibility index (Phi) is 7.01. The van der Waals surface area contributed by atoms with Crippen molar-refractivity contribution in [3.05, 3.63) is 9.81 Å². The lowest BCUT2D eigenvalue weighted by Gasteiger charge is -2.45. The van der Waals surface area contributed by atoms with Crippen molar-refractivity contribution in [3.8, 4) is 0 Å². The minimum atomic E-state index is -3.32. The third-order valence-electron chi connectivity index (χ3n) is 2.59. The van der Waals surface area contributed by atoms with E-state index in [0.29, 0.717) is 23.7 Å². The third kappa shape index (κ3) is 3.43. The fraction of sp³-hybridized carbons (Fsp3) is 0.846. The molecule has 0 N–H and O–H groups in total. The Morgan fingerprint density at radius 3 is 1.74 bits per heavy atom. The van der Waals surface area contributed by atoms with Gasteiger partial charge in [0.1, 0.15) is 0 Å². The van der Waals surface area contributed by atoms with Crippen molar-refractivity contribution in [2.24, 2.45) is 0 Å². The number of hydrogen-bond donors (Lipinski definition) is 0. The van der Waals surface area contributed by atoms with E-state index >= 15 is 0 Å². The standard InChI is InChI=1S/C13H21F3S3/c1-4-7-17-10-11(18-8-5-2)13(16,12(10,14)15)19-9-6-3/h4-9H2,1-3H3.